The Balaban J connectivity index is 1.97. The summed E-state index contributed by atoms with van der Waals surface area (Å²) in [4.78, 5) is 18.1. The van der Waals surface area contributed by atoms with Gasteiger partial charge < -0.3 is 10.0 Å². The Morgan fingerprint density at radius 2 is 2.05 bits per heavy atom. The Labute approximate surface area is 112 Å². The lowest BCUT2D eigenvalue weighted by Crippen LogP contribution is -2.26. The summed E-state index contributed by atoms with van der Waals surface area (Å²) in [6.07, 6.45) is 5.94. The van der Waals surface area contributed by atoms with E-state index in [0.29, 0.717) is 11.3 Å². The van der Waals surface area contributed by atoms with Crippen molar-refractivity contribution in [3.05, 3.63) is 35.5 Å². The van der Waals surface area contributed by atoms with Crippen molar-refractivity contribution in [1.82, 2.24) is 4.90 Å². The maximum absolute atomic E-state index is 12.0. The van der Waals surface area contributed by atoms with E-state index < -0.39 is 0 Å². The second-order valence-electron chi connectivity index (χ2n) is 4.88. The normalized spacial score (nSPS) is 21.3. The summed E-state index contributed by atoms with van der Waals surface area (Å²) < 4.78 is 0. The van der Waals surface area contributed by atoms with Crippen molar-refractivity contribution in [2.75, 3.05) is 6.54 Å². The number of rotatable bonds is 1. The van der Waals surface area contributed by atoms with Gasteiger partial charge in [-0.25, -0.2) is 0 Å². The number of aliphatic imine (C=N–C) groups is 1. The van der Waals surface area contributed by atoms with E-state index in [4.69, 9.17) is 0 Å². The SMILES string of the molecule is O=C1N=C2CCCCCN2C1=Cc1ccccc1O. The fraction of sp³-hybridized carbons (Fsp3) is 0.333. The van der Waals surface area contributed by atoms with Crippen LogP contribution in [-0.2, 0) is 4.79 Å². The first-order valence-electron chi connectivity index (χ1n) is 6.65. The molecule has 0 aromatic heterocycles. The van der Waals surface area contributed by atoms with Gasteiger partial charge in [0, 0.05) is 18.5 Å². The highest BCUT2D eigenvalue weighted by atomic mass is 16.3. The van der Waals surface area contributed by atoms with Crippen LogP contribution in [0, 0.1) is 0 Å². The van der Waals surface area contributed by atoms with Gasteiger partial charge in [0.05, 0.1) is 0 Å². The monoisotopic (exact) mass is 256 g/mol. The fourth-order valence-corrected chi connectivity index (χ4v) is 2.56. The summed E-state index contributed by atoms with van der Waals surface area (Å²) >= 11 is 0. The van der Waals surface area contributed by atoms with Crippen molar-refractivity contribution in [3.8, 4) is 5.75 Å². The molecule has 2 heterocycles. The lowest BCUT2D eigenvalue weighted by molar-refractivity contribution is -0.114. The van der Waals surface area contributed by atoms with Gasteiger partial charge in [-0.2, -0.15) is 4.99 Å². The minimum atomic E-state index is -0.194. The number of phenolic OH excluding ortho intramolecular Hbond substituents is 1. The molecule has 3 rings (SSSR count). The molecule has 1 aromatic carbocycles. The van der Waals surface area contributed by atoms with Gasteiger partial charge in [0.1, 0.15) is 17.3 Å². The number of nitrogens with zero attached hydrogens (tertiary/aromatic N) is 2. The van der Waals surface area contributed by atoms with E-state index in [0.717, 1.165) is 31.6 Å². The van der Waals surface area contributed by atoms with Gasteiger partial charge in [0.2, 0.25) is 0 Å². The molecule has 4 nitrogen and oxygen atoms in total. The van der Waals surface area contributed by atoms with E-state index >= 15 is 0 Å². The summed E-state index contributed by atoms with van der Waals surface area (Å²) in [5.74, 6) is 0.871. The van der Waals surface area contributed by atoms with Gasteiger partial charge in [-0.05, 0) is 25.0 Å². The highest BCUT2D eigenvalue weighted by molar-refractivity contribution is 6.13. The zero-order valence-electron chi connectivity index (χ0n) is 10.7. The van der Waals surface area contributed by atoms with Crippen LogP contribution in [-0.4, -0.2) is 28.3 Å². The molecule has 1 aromatic rings. The zero-order valence-corrected chi connectivity index (χ0v) is 10.7. The minimum absolute atomic E-state index is 0.186. The number of benzene rings is 1. The number of fused-ring (bicyclic) bond motifs is 1. The third kappa shape index (κ3) is 2.26. The van der Waals surface area contributed by atoms with Crippen molar-refractivity contribution >= 4 is 17.8 Å². The number of carbonyl (C=O) groups is 1. The van der Waals surface area contributed by atoms with Gasteiger partial charge >= 0.3 is 0 Å². The second kappa shape index (κ2) is 4.88. The van der Waals surface area contributed by atoms with Crippen LogP contribution in [0.15, 0.2) is 35.0 Å². The Hall–Kier alpha value is -2.10. The minimum Gasteiger partial charge on any atom is -0.507 e. The lowest BCUT2D eigenvalue weighted by Gasteiger charge is -2.18. The number of amidine groups is 1. The predicted molar refractivity (Wildman–Crippen MR) is 73.7 cm³/mol. The van der Waals surface area contributed by atoms with Gasteiger partial charge in [0.15, 0.2) is 0 Å². The fourth-order valence-electron chi connectivity index (χ4n) is 2.56. The first-order valence-corrected chi connectivity index (χ1v) is 6.65. The standard InChI is InChI=1S/C15H16N2O2/c18-13-7-4-3-6-11(13)10-12-15(19)16-14-8-2-1-5-9-17(12)14/h3-4,6-7,10,18H,1-2,5,8-9H2. The zero-order chi connectivity index (χ0) is 13.2. The van der Waals surface area contributed by atoms with E-state index in [1.54, 1.807) is 24.3 Å². The summed E-state index contributed by atoms with van der Waals surface area (Å²) in [5.41, 5.74) is 1.24. The van der Waals surface area contributed by atoms with E-state index in [9.17, 15) is 9.90 Å². The van der Waals surface area contributed by atoms with Crippen molar-refractivity contribution in [3.63, 3.8) is 0 Å². The molecule has 2 aliphatic heterocycles. The van der Waals surface area contributed by atoms with Crippen LogP contribution >= 0.6 is 0 Å². The molecular weight excluding hydrogens is 240 g/mol. The molecule has 1 amide bonds. The molecule has 1 N–H and O–H groups in total. The van der Waals surface area contributed by atoms with E-state index in [1.165, 1.54) is 6.42 Å². The third-order valence-electron chi connectivity index (χ3n) is 3.56. The number of carbonyl (C=O) groups excluding carboxylic acids is 1. The molecule has 0 spiro atoms. The van der Waals surface area contributed by atoms with Crippen molar-refractivity contribution in [2.45, 2.75) is 25.7 Å². The molecule has 1 saturated heterocycles. The molecule has 1 fully saturated rings. The molecule has 0 atom stereocenters. The molecule has 0 aliphatic carbocycles. The predicted octanol–water partition coefficient (Wildman–Crippen LogP) is 2.55. The summed E-state index contributed by atoms with van der Waals surface area (Å²) in [6, 6.07) is 7.03. The van der Waals surface area contributed by atoms with E-state index in [2.05, 4.69) is 4.99 Å². The summed E-state index contributed by atoms with van der Waals surface area (Å²) in [7, 11) is 0. The Bertz CT molecular complexity index is 575. The summed E-state index contributed by atoms with van der Waals surface area (Å²) in [5, 5.41) is 9.80. The molecule has 0 radical (unpaired) electrons. The molecule has 19 heavy (non-hydrogen) atoms. The van der Waals surface area contributed by atoms with Crippen LogP contribution in [0.4, 0.5) is 0 Å². The van der Waals surface area contributed by atoms with Gasteiger partial charge in [-0.3, -0.25) is 4.79 Å². The van der Waals surface area contributed by atoms with Crippen molar-refractivity contribution in [1.29, 1.82) is 0 Å². The first-order chi connectivity index (χ1) is 9.25. The second-order valence-corrected chi connectivity index (χ2v) is 4.88. The molecule has 2 aliphatic rings. The number of hydrogen-bond acceptors (Lipinski definition) is 3. The number of phenols is 1. The Morgan fingerprint density at radius 1 is 1.21 bits per heavy atom. The maximum atomic E-state index is 12.0. The quantitative estimate of drug-likeness (QED) is 0.786. The maximum Gasteiger partial charge on any atom is 0.295 e. The number of hydrogen-bond donors (Lipinski definition) is 1. The van der Waals surface area contributed by atoms with Crippen LogP contribution in [0.2, 0.25) is 0 Å². The Morgan fingerprint density at radius 3 is 2.89 bits per heavy atom. The highest BCUT2D eigenvalue weighted by Gasteiger charge is 2.30. The molecule has 0 saturated carbocycles. The lowest BCUT2D eigenvalue weighted by atomic mass is 10.1. The van der Waals surface area contributed by atoms with Crippen molar-refractivity contribution < 1.29 is 9.90 Å². The highest BCUT2D eigenvalue weighted by Crippen LogP contribution is 2.27. The van der Waals surface area contributed by atoms with Crippen LogP contribution < -0.4 is 0 Å². The van der Waals surface area contributed by atoms with E-state index in [1.807, 2.05) is 11.0 Å². The molecular formula is C15H16N2O2. The number of amides is 1. The number of para-hydroxylation sites is 1. The van der Waals surface area contributed by atoms with Crippen molar-refractivity contribution in [2.24, 2.45) is 4.99 Å². The van der Waals surface area contributed by atoms with Gasteiger partial charge in [-0.15, -0.1) is 0 Å². The van der Waals surface area contributed by atoms with Crippen LogP contribution in [0.3, 0.4) is 0 Å². The number of aromatic hydroxyl groups is 1. The van der Waals surface area contributed by atoms with Gasteiger partial charge in [0.25, 0.3) is 5.91 Å². The molecule has 4 heteroatoms. The topological polar surface area (TPSA) is 52.9 Å². The molecule has 98 valence electrons. The molecule has 0 unspecified atom stereocenters. The van der Waals surface area contributed by atoms with Crippen LogP contribution in [0.5, 0.6) is 5.75 Å². The first kappa shape index (κ1) is 12.0. The smallest absolute Gasteiger partial charge is 0.295 e. The van der Waals surface area contributed by atoms with Crippen LogP contribution in [0.25, 0.3) is 6.08 Å². The summed E-state index contributed by atoms with van der Waals surface area (Å²) in [6.45, 7) is 0.837. The Kier molecular flexibility index (Phi) is 3.07. The average molecular weight is 256 g/mol. The molecule has 0 bridgehead atoms. The van der Waals surface area contributed by atoms with Crippen LogP contribution in [0.1, 0.15) is 31.2 Å². The average Bonchev–Trinajstić information content (AvgIpc) is 2.58. The third-order valence-corrected chi connectivity index (χ3v) is 3.56. The van der Waals surface area contributed by atoms with E-state index in [-0.39, 0.29) is 11.7 Å². The largest absolute Gasteiger partial charge is 0.507 e. The van der Waals surface area contributed by atoms with Gasteiger partial charge in [-0.1, -0.05) is 24.6 Å².